The van der Waals surface area contributed by atoms with Gasteiger partial charge in [-0.3, -0.25) is 0 Å². The topological polar surface area (TPSA) is 57.2 Å². The van der Waals surface area contributed by atoms with E-state index in [1.807, 2.05) is 12.4 Å². The average Bonchev–Trinajstić information content (AvgIpc) is 2.77. The van der Waals surface area contributed by atoms with Crippen molar-refractivity contribution < 1.29 is 5.11 Å². The number of aliphatic hydroxyl groups excluding tert-OH is 1. The molecule has 2 rings (SSSR count). The van der Waals surface area contributed by atoms with E-state index in [9.17, 15) is 5.11 Å². The number of hydrogen-bond donors (Lipinski definition) is 3. The van der Waals surface area contributed by atoms with Crippen LogP contribution in [0.4, 0.5) is 0 Å². The molecule has 0 bridgehead atoms. The second-order valence-electron chi connectivity index (χ2n) is 3.99. The summed E-state index contributed by atoms with van der Waals surface area (Å²) in [5.74, 6) is 0. The summed E-state index contributed by atoms with van der Waals surface area (Å²) in [5, 5.41) is 16.0. The summed E-state index contributed by atoms with van der Waals surface area (Å²) in [5.41, 5.74) is 3.00. The van der Waals surface area contributed by atoms with Gasteiger partial charge >= 0.3 is 0 Å². The van der Waals surface area contributed by atoms with E-state index >= 15 is 0 Å². The number of nitrogens with zero attached hydrogens (tertiary/aromatic N) is 1. The number of nitrogens with one attached hydrogen (secondary N) is 2. The zero-order valence-electron chi connectivity index (χ0n) is 8.86. The van der Waals surface area contributed by atoms with Crippen LogP contribution in [0.15, 0.2) is 5.51 Å². The van der Waals surface area contributed by atoms with Gasteiger partial charge < -0.3 is 15.7 Å². The molecule has 1 aliphatic rings. The predicted octanol–water partition coefficient (Wildman–Crippen LogP) is 0.264. The smallest absolute Gasteiger partial charge is 0.0798 e. The lowest BCUT2D eigenvalue weighted by atomic mass is 10.2. The van der Waals surface area contributed by atoms with E-state index < -0.39 is 0 Å². The monoisotopic (exact) mass is 227 g/mol. The SMILES string of the molecule is Cc1ncsc1CNCC1CC(O)CN1. The van der Waals surface area contributed by atoms with Crippen LogP contribution in [0.25, 0.3) is 0 Å². The third-order valence-corrected chi connectivity index (χ3v) is 3.65. The van der Waals surface area contributed by atoms with Gasteiger partial charge in [-0.05, 0) is 13.3 Å². The first kappa shape index (κ1) is 11.0. The van der Waals surface area contributed by atoms with Crippen LogP contribution in [-0.4, -0.2) is 35.3 Å². The van der Waals surface area contributed by atoms with Crippen LogP contribution in [0.2, 0.25) is 0 Å². The molecule has 2 unspecified atom stereocenters. The zero-order valence-corrected chi connectivity index (χ0v) is 9.68. The van der Waals surface area contributed by atoms with Gasteiger partial charge in [0.25, 0.3) is 0 Å². The van der Waals surface area contributed by atoms with Gasteiger partial charge in [0, 0.05) is 30.6 Å². The molecule has 0 aromatic carbocycles. The van der Waals surface area contributed by atoms with Gasteiger partial charge in [-0.2, -0.15) is 0 Å². The van der Waals surface area contributed by atoms with Gasteiger partial charge in [0.1, 0.15) is 0 Å². The van der Waals surface area contributed by atoms with E-state index in [2.05, 4.69) is 15.6 Å². The lowest BCUT2D eigenvalue weighted by Gasteiger charge is -2.10. The van der Waals surface area contributed by atoms with Crippen molar-refractivity contribution in [3.05, 3.63) is 16.1 Å². The van der Waals surface area contributed by atoms with Gasteiger partial charge in [-0.1, -0.05) is 0 Å². The minimum atomic E-state index is -0.165. The summed E-state index contributed by atoms with van der Waals surface area (Å²) in [7, 11) is 0. The number of rotatable bonds is 4. The Labute approximate surface area is 93.7 Å². The summed E-state index contributed by atoms with van der Waals surface area (Å²) in [6, 6.07) is 0.410. The summed E-state index contributed by atoms with van der Waals surface area (Å²) in [4.78, 5) is 5.50. The van der Waals surface area contributed by atoms with Gasteiger partial charge in [0.15, 0.2) is 0 Å². The van der Waals surface area contributed by atoms with E-state index in [-0.39, 0.29) is 6.10 Å². The molecule has 3 N–H and O–H groups in total. The number of β-amino-alcohol motifs (C(OH)–C–C–N with tert-alkyl or cyclic N) is 1. The molecule has 84 valence electrons. The van der Waals surface area contributed by atoms with Crippen molar-refractivity contribution in [1.29, 1.82) is 0 Å². The van der Waals surface area contributed by atoms with Crippen molar-refractivity contribution in [2.75, 3.05) is 13.1 Å². The summed E-state index contributed by atoms with van der Waals surface area (Å²) >= 11 is 1.69. The molecule has 5 heteroatoms. The summed E-state index contributed by atoms with van der Waals surface area (Å²) < 4.78 is 0. The Morgan fingerprint density at radius 3 is 3.20 bits per heavy atom. The van der Waals surface area contributed by atoms with Crippen molar-refractivity contribution in [2.45, 2.75) is 32.0 Å². The van der Waals surface area contributed by atoms with Gasteiger partial charge in [-0.15, -0.1) is 11.3 Å². The molecule has 1 saturated heterocycles. The second-order valence-corrected chi connectivity index (χ2v) is 4.93. The fourth-order valence-electron chi connectivity index (χ4n) is 1.81. The van der Waals surface area contributed by atoms with Crippen molar-refractivity contribution in [1.82, 2.24) is 15.6 Å². The highest BCUT2D eigenvalue weighted by atomic mass is 32.1. The number of aliphatic hydroxyl groups is 1. The molecular weight excluding hydrogens is 210 g/mol. The maximum absolute atomic E-state index is 9.33. The molecular formula is C10H17N3OS. The lowest BCUT2D eigenvalue weighted by molar-refractivity contribution is 0.193. The molecule has 0 aliphatic carbocycles. The Balaban J connectivity index is 1.69. The Kier molecular flexibility index (Phi) is 3.69. The summed E-state index contributed by atoms with van der Waals surface area (Å²) in [6.07, 6.45) is 0.691. The molecule has 1 fully saturated rings. The van der Waals surface area contributed by atoms with Crippen molar-refractivity contribution in [2.24, 2.45) is 0 Å². The minimum Gasteiger partial charge on any atom is -0.392 e. The van der Waals surface area contributed by atoms with Crippen LogP contribution in [-0.2, 0) is 6.54 Å². The van der Waals surface area contributed by atoms with Crippen LogP contribution in [0, 0.1) is 6.92 Å². The van der Waals surface area contributed by atoms with Crippen molar-refractivity contribution in [3.63, 3.8) is 0 Å². The maximum Gasteiger partial charge on any atom is 0.0798 e. The molecule has 15 heavy (non-hydrogen) atoms. The molecule has 0 radical (unpaired) electrons. The van der Waals surface area contributed by atoms with Crippen LogP contribution < -0.4 is 10.6 Å². The largest absolute Gasteiger partial charge is 0.392 e. The fraction of sp³-hybridized carbons (Fsp3) is 0.700. The zero-order chi connectivity index (χ0) is 10.7. The first-order valence-electron chi connectivity index (χ1n) is 5.27. The van der Waals surface area contributed by atoms with E-state index in [0.29, 0.717) is 6.04 Å². The van der Waals surface area contributed by atoms with Crippen LogP contribution in [0.1, 0.15) is 17.0 Å². The van der Waals surface area contributed by atoms with Gasteiger partial charge in [0.05, 0.1) is 17.3 Å². The standard InChI is InChI=1S/C10H17N3OS/c1-7-10(15-6-13-7)5-11-3-8-2-9(14)4-12-8/h6,8-9,11-12,14H,2-5H2,1H3. The number of thiazole rings is 1. The third-order valence-electron chi connectivity index (χ3n) is 2.72. The highest BCUT2D eigenvalue weighted by molar-refractivity contribution is 7.09. The van der Waals surface area contributed by atoms with Crippen LogP contribution in [0.3, 0.4) is 0 Å². The lowest BCUT2D eigenvalue weighted by Crippen LogP contribution is -2.33. The number of aryl methyl sites for hydroxylation is 1. The van der Waals surface area contributed by atoms with Gasteiger partial charge in [-0.25, -0.2) is 4.98 Å². The molecule has 1 aromatic rings. The van der Waals surface area contributed by atoms with Crippen molar-refractivity contribution >= 4 is 11.3 Å². The normalized spacial score (nSPS) is 26.0. The van der Waals surface area contributed by atoms with Gasteiger partial charge in [0.2, 0.25) is 0 Å². The van der Waals surface area contributed by atoms with Crippen LogP contribution in [0.5, 0.6) is 0 Å². The maximum atomic E-state index is 9.33. The number of aromatic nitrogens is 1. The van der Waals surface area contributed by atoms with Crippen molar-refractivity contribution in [3.8, 4) is 0 Å². The van der Waals surface area contributed by atoms with E-state index in [1.54, 1.807) is 11.3 Å². The predicted molar refractivity (Wildman–Crippen MR) is 61.0 cm³/mol. The Morgan fingerprint density at radius 2 is 2.60 bits per heavy atom. The average molecular weight is 227 g/mol. The Morgan fingerprint density at radius 1 is 1.73 bits per heavy atom. The summed E-state index contributed by atoms with van der Waals surface area (Å²) in [6.45, 7) is 4.55. The third kappa shape index (κ3) is 2.98. The van der Waals surface area contributed by atoms with Crippen LogP contribution >= 0.6 is 11.3 Å². The molecule has 1 aliphatic heterocycles. The molecule has 4 nitrogen and oxygen atoms in total. The highest BCUT2D eigenvalue weighted by Crippen LogP contribution is 2.11. The fourth-order valence-corrected chi connectivity index (χ4v) is 2.56. The molecule has 1 aromatic heterocycles. The highest BCUT2D eigenvalue weighted by Gasteiger charge is 2.21. The number of hydrogen-bond acceptors (Lipinski definition) is 5. The van der Waals surface area contributed by atoms with E-state index in [0.717, 1.165) is 31.7 Å². The molecule has 0 amide bonds. The first-order chi connectivity index (χ1) is 7.25. The Hall–Kier alpha value is -0.490. The Bertz CT molecular complexity index is 315. The second kappa shape index (κ2) is 5.03. The van der Waals surface area contributed by atoms with E-state index in [1.165, 1.54) is 4.88 Å². The molecule has 2 atom stereocenters. The molecule has 0 spiro atoms. The molecule has 2 heterocycles. The quantitative estimate of drug-likeness (QED) is 0.691. The first-order valence-corrected chi connectivity index (χ1v) is 6.15. The van der Waals surface area contributed by atoms with E-state index in [4.69, 9.17) is 0 Å². The minimum absolute atomic E-state index is 0.165. The molecule has 0 saturated carbocycles.